The molecule has 0 aliphatic heterocycles. The van der Waals surface area contributed by atoms with E-state index >= 15 is 0 Å². The third kappa shape index (κ3) is 2.61. The van der Waals surface area contributed by atoms with Gasteiger partial charge in [-0.2, -0.15) is 0 Å². The lowest BCUT2D eigenvalue weighted by Crippen LogP contribution is -2.26. The summed E-state index contributed by atoms with van der Waals surface area (Å²) >= 11 is 7.90. The van der Waals surface area contributed by atoms with Crippen LogP contribution in [0.5, 0.6) is 0 Å². The number of alkyl halides is 1. The van der Waals surface area contributed by atoms with Crippen LogP contribution in [0.2, 0.25) is 0 Å². The summed E-state index contributed by atoms with van der Waals surface area (Å²) in [6, 6.07) is 0. The quantitative estimate of drug-likeness (QED) is 0.577. The molecule has 0 bridgehead atoms. The highest BCUT2D eigenvalue weighted by Gasteiger charge is 2.30. The van der Waals surface area contributed by atoms with E-state index in [1.54, 1.807) is 11.3 Å². The molecule has 0 saturated carbocycles. The zero-order valence-corrected chi connectivity index (χ0v) is 10.6. The third-order valence-electron chi connectivity index (χ3n) is 3.04. The number of allylic oxidation sites excluding steroid dienone is 2. The fraction of sp³-hybridized carbons (Fsp3) is 0.583. The molecule has 1 nitrogen and oxygen atoms in total. The van der Waals surface area contributed by atoms with Crippen LogP contribution in [-0.4, -0.2) is 10.9 Å². The van der Waals surface area contributed by atoms with Gasteiger partial charge in [0.1, 0.15) is 0 Å². The second-order valence-electron chi connectivity index (χ2n) is 4.41. The van der Waals surface area contributed by atoms with E-state index < -0.39 is 0 Å². The number of hydrogen-bond acceptors (Lipinski definition) is 2. The molecule has 1 heterocycles. The van der Waals surface area contributed by atoms with Crippen molar-refractivity contribution in [2.24, 2.45) is 5.41 Å². The molecule has 1 atom stereocenters. The minimum atomic E-state index is 0.264. The van der Waals surface area contributed by atoms with Crippen LogP contribution in [0.1, 0.15) is 30.0 Å². The topological polar surface area (TPSA) is 12.9 Å². The lowest BCUT2D eigenvalue weighted by molar-refractivity contribution is 0.295. The zero-order valence-electron chi connectivity index (χ0n) is 9.00. The van der Waals surface area contributed by atoms with Crippen molar-refractivity contribution in [2.45, 2.75) is 32.6 Å². The molecule has 0 fully saturated rings. The lowest BCUT2D eigenvalue weighted by Gasteiger charge is -2.32. The molecule has 0 radical (unpaired) electrons. The van der Waals surface area contributed by atoms with Gasteiger partial charge in [0.25, 0.3) is 0 Å². The second kappa shape index (κ2) is 4.67. The maximum Gasteiger partial charge on any atom is 0.0934 e. The van der Waals surface area contributed by atoms with Crippen LogP contribution in [0.4, 0.5) is 0 Å². The first-order valence-corrected chi connectivity index (χ1v) is 6.77. The highest BCUT2D eigenvalue weighted by atomic mass is 35.5. The van der Waals surface area contributed by atoms with Gasteiger partial charge in [0, 0.05) is 23.4 Å². The lowest BCUT2D eigenvalue weighted by atomic mass is 9.76. The molecule has 0 aromatic carbocycles. The van der Waals surface area contributed by atoms with Gasteiger partial charge in [-0.1, -0.05) is 12.2 Å². The van der Waals surface area contributed by atoms with Crippen molar-refractivity contribution in [3.63, 3.8) is 0 Å². The molecule has 1 aliphatic rings. The van der Waals surface area contributed by atoms with E-state index in [9.17, 15) is 0 Å². The van der Waals surface area contributed by atoms with Crippen LogP contribution < -0.4 is 0 Å². The van der Waals surface area contributed by atoms with Crippen molar-refractivity contribution in [3.8, 4) is 0 Å². The molecular formula is C12H16ClNS. The van der Waals surface area contributed by atoms with Gasteiger partial charge in [-0.05, 0) is 31.6 Å². The standard InChI is InChI=1S/C12H16ClNS/c1-10-8-15-11(14-10)7-12(9-13)5-3-2-4-6-12/h2-3,8H,4-7,9H2,1H3. The second-order valence-corrected chi connectivity index (χ2v) is 5.62. The molecule has 0 spiro atoms. The minimum Gasteiger partial charge on any atom is -0.247 e. The Bertz CT molecular complexity index is 358. The summed E-state index contributed by atoms with van der Waals surface area (Å²) in [4.78, 5) is 4.53. The third-order valence-corrected chi connectivity index (χ3v) is 4.57. The number of aromatic nitrogens is 1. The molecule has 2 rings (SSSR count). The Balaban J connectivity index is 2.10. The van der Waals surface area contributed by atoms with E-state index in [2.05, 4.69) is 22.5 Å². The maximum atomic E-state index is 6.14. The number of halogens is 1. The van der Waals surface area contributed by atoms with Gasteiger partial charge >= 0.3 is 0 Å². The van der Waals surface area contributed by atoms with E-state index in [4.69, 9.17) is 11.6 Å². The van der Waals surface area contributed by atoms with Gasteiger partial charge in [0.05, 0.1) is 5.01 Å². The number of thiazole rings is 1. The predicted molar refractivity (Wildman–Crippen MR) is 66.7 cm³/mol. The van der Waals surface area contributed by atoms with E-state index in [-0.39, 0.29) is 5.41 Å². The maximum absolute atomic E-state index is 6.14. The van der Waals surface area contributed by atoms with E-state index in [0.29, 0.717) is 0 Å². The van der Waals surface area contributed by atoms with Crippen LogP contribution in [0.25, 0.3) is 0 Å². The molecule has 0 N–H and O–H groups in total. The average Bonchev–Trinajstić information content (AvgIpc) is 2.65. The Morgan fingerprint density at radius 3 is 2.93 bits per heavy atom. The van der Waals surface area contributed by atoms with Crippen molar-refractivity contribution in [1.29, 1.82) is 0 Å². The molecule has 1 aromatic heterocycles. The van der Waals surface area contributed by atoms with Gasteiger partial charge < -0.3 is 0 Å². The predicted octanol–water partition coefficient (Wildman–Crippen LogP) is 3.96. The first kappa shape index (κ1) is 11.2. The summed E-state index contributed by atoms with van der Waals surface area (Å²) in [5.41, 5.74) is 1.40. The van der Waals surface area contributed by atoms with E-state index in [1.807, 2.05) is 6.92 Å². The highest BCUT2D eigenvalue weighted by Crippen LogP contribution is 2.37. The van der Waals surface area contributed by atoms with Gasteiger partial charge in [0.2, 0.25) is 0 Å². The first-order valence-electron chi connectivity index (χ1n) is 5.36. The van der Waals surface area contributed by atoms with Crippen molar-refractivity contribution in [1.82, 2.24) is 4.98 Å². The van der Waals surface area contributed by atoms with Crippen LogP contribution in [0.15, 0.2) is 17.5 Å². The average molecular weight is 242 g/mol. The van der Waals surface area contributed by atoms with Crippen LogP contribution in [0, 0.1) is 12.3 Å². The van der Waals surface area contributed by atoms with Crippen molar-refractivity contribution in [3.05, 3.63) is 28.2 Å². The largest absolute Gasteiger partial charge is 0.247 e. The highest BCUT2D eigenvalue weighted by molar-refractivity contribution is 7.09. The molecule has 15 heavy (non-hydrogen) atoms. The number of nitrogens with zero attached hydrogens (tertiary/aromatic N) is 1. The summed E-state index contributed by atoms with van der Waals surface area (Å²) in [5, 5.41) is 3.36. The summed E-state index contributed by atoms with van der Waals surface area (Å²) < 4.78 is 0. The Morgan fingerprint density at radius 1 is 1.53 bits per heavy atom. The normalized spacial score (nSPS) is 25.7. The molecule has 0 saturated heterocycles. The van der Waals surface area contributed by atoms with Gasteiger partial charge in [0.15, 0.2) is 0 Å². The van der Waals surface area contributed by atoms with Crippen molar-refractivity contribution in [2.75, 3.05) is 5.88 Å². The van der Waals surface area contributed by atoms with Gasteiger partial charge in [-0.3, -0.25) is 0 Å². The smallest absolute Gasteiger partial charge is 0.0934 e. The molecule has 1 unspecified atom stereocenters. The first-order chi connectivity index (χ1) is 7.24. The SMILES string of the molecule is Cc1csc(CC2(CCl)CC=CCC2)n1. The van der Waals surface area contributed by atoms with Crippen LogP contribution >= 0.6 is 22.9 Å². The van der Waals surface area contributed by atoms with Gasteiger partial charge in [-0.25, -0.2) is 4.98 Å². The molecule has 82 valence electrons. The molecular weight excluding hydrogens is 226 g/mol. The molecule has 0 amide bonds. The molecule has 1 aliphatic carbocycles. The summed E-state index contributed by atoms with van der Waals surface area (Å²) in [6.45, 7) is 2.05. The van der Waals surface area contributed by atoms with E-state index in [0.717, 1.165) is 30.8 Å². The van der Waals surface area contributed by atoms with Crippen molar-refractivity contribution < 1.29 is 0 Å². The fourth-order valence-electron chi connectivity index (χ4n) is 2.08. The molecule has 1 aromatic rings. The molecule has 3 heteroatoms. The number of hydrogen-bond donors (Lipinski definition) is 0. The monoisotopic (exact) mass is 241 g/mol. The number of aryl methyl sites for hydroxylation is 1. The van der Waals surface area contributed by atoms with Crippen LogP contribution in [0.3, 0.4) is 0 Å². The summed E-state index contributed by atoms with van der Waals surface area (Å²) in [7, 11) is 0. The Kier molecular flexibility index (Phi) is 3.47. The van der Waals surface area contributed by atoms with Gasteiger partial charge in [-0.15, -0.1) is 22.9 Å². The Hall–Kier alpha value is -0.340. The van der Waals surface area contributed by atoms with Crippen molar-refractivity contribution >= 4 is 22.9 Å². The summed E-state index contributed by atoms with van der Waals surface area (Å²) in [5.74, 6) is 0.746. The zero-order chi connectivity index (χ0) is 10.7. The number of rotatable bonds is 3. The fourth-order valence-corrected chi connectivity index (χ4v) is 3.36. The Labute approximate surface area is 100 Å². The summed E-state index contributed by atoms with van der Waals surface area (Å²) in [6.07, 6.45) is 9.04. The van der Waals surface area contributed by atoms with Crippen LogP contribution in [-0.2, 0) is 6.42 Å². The Morgan fingerprint density at radius 2 is 2.40 bits per heavy atom. The minimum absolute atomic E-state index is 0.264. The van der Waals surface area contributed by atoms with E-state index in [1.165, 1.54) is 11.4 Å².